The van der Waals surface area contributed by atoms with Crippen molar-refractivity contribution >= 4 is 34.7 Å². The number of nitrogens with one attached hydrogen (secondary N) is 3. The Kier molecular flexibility index (Phi) is 7.54. The summed E-state index contributed by atoms with van der Waals surface area (Å²) in [5, 5.41) is 8.88. The first-order valence-electron chi connectivity index (χ1n) is 10.9. The normalized spacial score (nSPS) is 11.1. The molecule has 5 N–H and O–H groups in total. The smallest absolute Gasteiger partial charge is 0.251 e. The monoisotopic (exact) mass is 499 g/mol. The topological polar surface area (TPSA) is 109 Å². The van der Waals surface area contributed by atoms with Gasteiger partial charge in [0.25, 0.3) is 5.91 Å². The van der Waals surface area contributed by atoms with E-state index in [1.807, 2.05) is 13.0 Å². The summed E-state index contributed by atoms with van der Waals surface area (Å²) in [6.45, 7) is 4.20. The van der Waals surface area contributed by atoms with Crippen LogP contribution in [0.15, 0.2) is 48.9 Å². The van der Waals surface area contributed by atoms with Gasteiger partial charge in [-0.3, -0.25) is 9.20 Å². The average molecular weight is 500 g/mol. The number of carbonyl (C=O) groups excluding carboxylic acids is 1. The van der Waals surface area contributed by atoms with Gasteiger partial charge in [0.15, 0.2) is 23.1 Å². The van der Waals surface area contributed by atoms with Crippen LogP contribution in [0.25, 0.3) is 16.9 Å². The number of aryl methyl sites for hydroxylation is 1. The molecule has 0 bridgehead atoms. The van der Waals surface area contributed by atoms with Crippen molar-refractivity contribution in [2.45, 2.75) is 6.92 Å². The van der Waals surface area contributed by atoms with Crippen molar-refractivity contribution in [3.8, 4) is 11.3 Å². The van der Waals surface area contributed by atoms with Gasteiger partial charge in [0, 0.05) is 55.4 Å². The fourth-order valence-electron chi connectivity index (χ4n) is 3.65. The summed E-state index contributed by atoms with van der Waals surface area (Å²) in [5.74, 6) is -1.92. The number of anilines is 2. The number of hydrogen-bond donors (Lipinski definition) is 4. The Hall–Kier alpha value is -3.60. The largest absolute Gasteiger partial charge is 0.351 e. The molecule has 0 atom stereocenters. The van der Waals surface area contributed by atoms with Crippen molar-refractivity contribution in [2.75, 3.05) is 31.5 Å². The van der Waals surface area contributed by atoms with Crippen LogP contribution in [0.5, 0.6) is 0 Å². The molecule has 35 heavy (non-hydrogen) atoms. The molecule has 4 rings (SSSR count). The maximum atomic E-state index is 14.5. The predicted octanol–water partition coefficient (Wildman–Crippen LogP) is 3.66. The van der Waals surface area contributed by atoms with Gasteiger partial charge >= 0.3 is 0 Å². The van der Waals surface area contributed by atoms with E-state index in [1.165, 1.54) is 24.5 Å². The molecule has 1 amide bonds. The van der Waals surface area contributed by atoms with E-state index in [4.69, 9.17) is 17.3 Å². The zero-order chi connectivity index (χ0) is 24.9. The number of benzene rings is 2. The Labute approximate surface area is 205 Å². The van der Waals surface area contributed by atoms with Crippen LogP contribution in [0.1, 0.15) is 15.9 Å². The van der Waals surface area contributed by atoms with Gasteiger partial charge < -0.3 is 21.7 Å². The summed E-state index contributed by atoms with van der Waals surface area (Å²) in [5.41, 5.74) is 8.25. The molecule has 0 aliphatic heterocycles. The minimum absolute atomic E-state index is 0.0287. The second-order valence-electron chi connectivity index (χ2n) is 7.79. The highest BCUT2D eigenvalue weighted by Gasteiger charge is 2.18. The molecule has 8 nitrogen and oxygen atoms in total. The van der Waals surface area contributed by atoms with Crippen LogP contribution in [0.3, 0.4) is 0 Å². The van der Waals surface area contributed by atoms with Gasteiger partial charge in [0.1, 0.15) is 0 Å². The van der Waals surface area contributed by atoms with E-state index in [0.717, 1.165) is 5.56 Å². The van der Waals surface area contributed by atoms with Crippen LogP contribution >= 0.6 is 11.6 Å². The highest BCUT2D eigenvalue weighted by atomic mass is 35.5. The molecular weight excluding hydrogens is 476 g/mol. The second-order valence-corrected chi connectivity index (χ2v) is 8.19. The molecular formula is C24H24ClF2N7O. The van der Waals surface area contributed by atoms with Crippen molar-refractivity contribution in [3.63, 3.8) is 0 Å². The van der Waals surface area contributed by atoms with Gasteiger partial charge in [-0.15, -0.1) is 0 Å². The van der Waals surface area contributed by atoms with Gasteiger partial charge in [-0.2, -0.15) is 0 Å². The SMILES string of the molecule is Cc1cc(Nc2nccn3c(-c4ccc(Cl)c(F)c4F)cnc23)ccc1C(=O)NCCNCCN. The molecule has 0 aliphatic carbocycles. The molecule has 4 aromatic rings. The fraction of sp³-hybridized carbons (Fsp3) is 0.208. The van der Waals surface area contributed by atoms with E-state index in [9.17, 15) is 13.6 Å². The minimum atomic E-state index is -1.11. The summed E-state index contributed by atoms with van der Waals surface area (Å²) >= 11 is 5.68. The molecule has 0 radical (unpaired) electrons. The predicted molar refractivity (Wildman–Crippen MR) is 132 cm³/mol. The number of amides is 1. The van der Waals surface area contributed by atoms with E-state index in [0.29, 0.717) is 54.6 Å². The fourth-order valence-corrected chi connectivity index (χ4v) is 3.80. The standard InChI is InChI=1S/C24H24ClF2N7O/c1-14-12-15(2-3-16(14)24(35)31-9-8-29-7-6-28)33-22-23-32-13-19(34(23)11-10-30-22)17-4-5-18(25)21(27)20(17)26/h2-5,10-13,29H,6-9,28H2,1H3,(H,30,33)(H,31,35). The first-order valence-corrected chi connectivity index (χ1v) is 11.3. The van der Waals surface area contributed by atoms with Gasteiger partial charge in [0.2, 0.25) is 0 Å². The molecule has 2 aromatic carbocycles. The quantitative estimate of drug-likeness (QED) is 0.207. The zero-order valence-electron chi connectivity index (χ0n) is 18.9. The molecule has 2 aromatic heterocycles. The number of fused-ring (bicyclic) bond motifs is 1. The summed E-state index contributed by atoms with van der Waals surface area (Å²) in [7, 11) is 0. The highest BCUT2D eigenvalue weighted by Crippen LogP contribution is 2.30. The maximum Gasteiger partial charge on any atom is 0.251 e. The Morgan fingerprint density at radius 3 is 2.71 bits per heavy atom. The molecule has 2 heterocycles. The zero-order valence-corrected chi connectivity index (χ0v) is 19.7. The summed E-state index contributed by atoms with van der Waals surface area (Å²) in [6.07, 6.45) is 4.57. The lowest BCUT2D eigenvalue weighted by molar-refractivity contribution is 0.0953. The lowest BCUT2D eigenvalue weighted by Crippen LogP contribution is -2.34. The third kappa shape index (κ3) is 5.24. The van der Waals surface area contributed by atoms with Gasteiger partial charge in [-0.25, -0.2) is 18.7 Å². The number of halogens is 3. The Morgan fingerprint density at radius 1 is 1.11 bits per heavy atom. The van der Waals surface area contributed by atoms with E-state index in [1.54, 1.807) is 22.7 Å². The van der Waals surface area contributed by atoms with Gasteiger partial charge in [0.05, 0.1) is 16.9 Å². The van der Waals surface area contributed by atoms with E-state index >= 15 is 0 Å². The average Bonchev–Trinajstić information content (AvgIpc) is 3.27. The van der Waals surface area contributed by atoms with Gasteiger partial charge in [-0.1, -0.05) is 11.6 Å². The molecule has 11 heteroatoms. The number of hydrogen-bond acceptors (Lipinski definition) is 6. The highest BCUT2D eigenvalue weighted by molar-refractivity contribution is 6.30. The number of carbonyl (C=O) groups is 1. The summed E-state index contributed by atoms with van der Waals surface area (Å²) < 4.78 is 30.1. The number of imidazole rings is 1. The second kappa shape index (κ2) is 10.8. The molecule has 0 fully saturated rings. The Bertz CT molecular complexity index is 1380. The van der Waals surface area contributed by atoms with Crippen LogP contribution in [0.4, 0.5) is 20.3 Å². The third-order valence-electron chi connectivity index (χ3n) is 5.38. The number of nitrogens with zero attached hydrogens (tertiary/aromatic N) is 3. The molecule has 0 aliphatic rings. The Morgan fingerprint density at radius 2 is 1.94 bits per heavy atom. The van der Waals surface area contributed by atoms with Crippen LogP contribution in [-0.4, -0.2) is 46.5 Å². The lowest BCUT2D eigenvalue weighted by Gasteiger charge is -2.12. The molecule has 182 valence electrons. The van der Waals surface area contributed by atoms with Crippen LogP contribution in [0.2, 0.25) is 5.02 Å². The van der Waals surface area contributed by atoms with Crippen molar-refractivity contribution in [3.05, 3.63) is 76.7 Å². The molecule has 0 saturated heterocycles. The number of aromatic nitrogens is 3. The lowest BCUT2D eigenvalue weighted by atomic mass is 10.1. The van der Waals surface area contributed by atoms with Crippen molar-refractivity contribution in [2.24, 2.45) is 5.73 Å². The van der Waals surface area contributed by atoms with Crippen LogP contribution < -0.4 is 21.7 Å². The first kappa shape index (κ1) is 24.5. The molecule has 0 saturated carbocycles. The molecule has 0 unspecified atom stereocenters. The van der Waals surface area contributed by atoms with E-state index < -0.39 is 11.6 Å². The van der Waals surface area contributed by atoms with Crippen molar-refractivity contribution in [1.82, 2.24) is 25.0 Å². The number of nitrogens with two attached hydrogens (primary N) is 1. The minimum Gasteiger partial charge on any atom is -0.351 e. The summed E-state index contributed by atoms with van der Waals surface area (Å²) in [6, 6.07) is 8.01. The number of rotatable bonds is 9. The van der Waals surface area contributed by atoms with Gasteiger partial charge in [-0.05, 0) is 42.8 Å². The third-order valence-corrected chi connectivity index (χ3v) is 5.67. The van der Waals surface area contributed by atoms with E-state index in [-0.39, 0.29) is 16.5 Å². The van der Waals surface area contributed by atoms with E-state index in [2.05, 4.69) is 25.9 Å². The molecule has 0 spiro atoms. The van der Waals surface area contributed by atoms with Crippen LogP contribution in [0, 0.1) is 18.6 Å². The Balaban J connectivity index is 1.54. The van der Waals surface area contributed by atoms with Crippen molar-refractivity contribution in [1.29, 1.82) is 0 Å². The van der Waals surface area contributed by atoms with Crippen LogP contribution in [-0.2, 0) is 0 Å². The van der Waals surface area contributed by atoms with Crippen molar-refractivity contribution < 1.29 is 13.6 Å². The first-order chi connectivity index (χ1) is 16.9. The summed E-state index contributed by atoms with van der Waals surface area (Å²) in [4.78, 5) is 21.2. The maximum absolute atomic E-state index is 14.5.